The lowest BCUT2D eigenvalue weighted by Crippen LogP contribution is -2.28. The van der Waals surface area contributed by atoms with Crippen LogP contribution in [0.2, 0.25) is 0 Å². The first-order valence-electron chi connectivity index (χ1n) is 9.29. The van der Waals surface area contributed by atoms with Gasteiger partial charge >= 0.3 is 0 Å². The number of hydrogen-bond donors (Lipinski definition) is 2. The van der Waals surface area contributed by atoms with E-state index >= 15 is 0 Å². The molecule has 29 heavy (non-hydrogen) atoms. The molecule has 1 unspecified atom stereocenters. The molecule has 6 nitrogen and oxygen atoms in total. The Morgan fingerprint density at radius 1 is 1.00 bits per heavy atom. The van der Waals surface area contributed by atoms with Crippen LogP contribution in [0, 0.1) is 0 Å². The second-order valence-corrected chi connectivity index (χ2v) is 8.48. The lowest BCUT2D eigenvalue weighted by atomic mass is 10.0. The molecule has 0 saturated heterocycles. The van der Waals surface area contributed by atoms with E-state index in [1.54, 1.807) is 0 Å². The van der Waals surface area contributed by atoms with E-state index in [-0.39, 0.29) is 30.0 Å². The van der Waals surface area contributed by atoms with Gasteiger partial charge in [0.25, 0.3) is 5.91 Å². The molecule has 0 aliphatic carbocycles. The number of ether oxygens (including phenoxy) is 1. The van der Waals surface area contributed by atoms with Gasteiger partial charge in [0, 0.05) is 19.2 Å². The third-order valence-corrected chi connectivity index (χ3v) is 6.12. The van der Waals surface area contributed by atoms with Gasteiger partial charge in [-0.05, 0) is 53.6 Å². The van der Waals surface area contributed by atoms with Gasteiger partial charge in [-0.15, -0.1) is 0 Å². The molecule has 2 N–H and O–H groups in total. The number of sulfonamides is 1. The Bertz CT molecular complexity index is 1100. The second kappa shape index (κ2) is 9.17. The van der Waals surface area contributed by atoms with E-state index < -0.39 is 10.0 Å². The average molecular weight is 413 g/mol. The molecule has 0 heterocycles. The van der Waals surface area contributed by atoms with E-state index in [1.807, 2.05) is 43.3 Å². The number of benzene rings is 3. The second-order valence-electron chi connectivity index (χ2n) is 6.72. The minimum atomic E-state index is -3.62. The van der Waals surface area contributed by atoms with Crippen LogP contribution in [-0.2, 0) is 14.8 Å². The van der Waals surface area contributed by atoms with Gasteiger partial charge < -0.3 is 10.1 Å². The van der Waals surface area contributed by atoms with Crippen molar-refractivity contribution in [3.8, 4) is 0 Å². The van der Waals surface area contributed by atoms with Crippen LogP contribution >= 0.6 is 0 Å². The number of fused-ring (bicyclic) bond motifs is 1. The summed E-state index contributed by atoms with van der Waals surface area (Å²) in [5.41, 5.74) is 1.40. The van der Waals surface area contributed by atoms with Crippen molar-refractivity contribution in [3.63, 3.8) is 0 Å². The summed E-state index contributed by atoms with van der Waals surface area (Å²) >= 11 is 0. The zero-order chi connectivity index (χ0) is 20.9. The van der Waals surface area contributed by atoms with Gasteiger partial charge in [0.2, 0.25) is 10.0 Å². The molecule has 0 spiro atoms. The maximum absolute atomic E-state index is 12.6. The summed E-state index contributed by atoms with van der Waals surface area (Å²) in [6, 6.07) is 19.8. The van der Waals surface area contributed by atoms with Crippen LogP contribution < -0.4 is 10.0 Å². The summed E-state index contributed by atoms with van der Waals surface area (Å²) in [4.78, 5) is 12.7. The first-order chi connectivity index (χ1) is 13.9. The van der Waals surface area contributed by atoms with Gasteiger partial charge in [-0.2, -0.15) is 0 Å². The molecule has 3 aromatic rings. The van der Waals surface area contributed by atoms with Crippen molar-refractivity contribution in [1.82, 2.24) is 10.0 Å². The lowest BCUT2D eigenvalue weighted by Gasteiger charge is -2.15. The van der Waals surface area contributed by atoms with Crippen molar-refractivity contribution in [2.75, 3.05) is 20.3 Å². The standard InChI is InChI=1S/C22H24N2O4S/c1-16(19-8-7-17-5-3-4-6-20(17)15-19)24-22(25)18-9-11-21(12-10-18)29(26,27)23-13-14-28-2/h3-12,15-16,23H,13-14H2,1-2H3,(H,24,25). The molecule has 0 aromatic heterocycles. The lowest BCUT2D eigenvalue weighted by molar-refractivity contribution is 0.0940. The number of hydrogen-bond acceptors (Lipinski definition) is 4. The number of amides is 1. The summed E-state index contributed by atoms with van der Waals surface area (Å²) in [5.74, 6) is -0.262. The summed E-state index contributed by atoms with van der Waals surface area (Å²) in [5, 5.41) is 5.21. The number of carbonyl (C=O) groups is 1. The highest BCUT2D eigenvalue weighted by Gasteiger charge is 2.16. The third kappa shape index (κ3) is 5.20. The van der Waals surface area contributed by atoms with Crippen LogP contribution in [-0.4, -0.2) is 34.6 Å². The van der Waals surface area contributed by atoms with Gasteiger partial charge in [-0.3, -0.25) is 4.79 Å². The molecule has 0 aliphatic heterocycles. The van der Waals surface area contributed by atoms with Crippen molar-refractivity contribution in [2.45, 2.75) is 17.9 Å². The average Bonchev–Trinajstić information content (AvgIpc) is 2.73. The zero-order valence-electron chi connectivity index (χ0n) is 16.4. The quantitative estimate of drug-likeness (QED) is 0.556. The summed E-state index contributed by atoms with van der Waals surface area (Å²) in [6.45, 7) is 2.39. The van der Waals surface area contributed by atoms with E-state index in [9.17, 15) is 13.2 Å². The number of rotatable bonds is 8. The first kappa shape index (κ1) is 21.0. The monoisotopic (exact) mass is 412 g/mol. The van der Waals surface area contributed by atoms with Gasteiger partial charge in [-0.1, -0.05) is 36.4 Å². The maximum Gasteiger partial charge on any atom is 0.251 e. The van der Waals surface area contributed by atoms with E-state index in [4.69, 9.17) is 4.74 Å². The summed E-state index contributed by atoms with van der Waals surface area (Å²) < 4.78 is 31.7. The Morgan fingerprint density at radius 2 is 1.69 bits per heavy atom. The minimum absolute atomic E-state index is 0.104. The Labute approximate surface area is 170 Å². The van der Waals surface area contributed by atoms with Crippen molar-refractivity contribution in [1.29, 1.82) is 0 Å². The number of methoxy groups -OCH3 is 1. The van der Waals surface area contributed by atoms with Gasteiger partial charge in [0.05, 0.1) is 17.5 Å². The molecule has 3 rings (SSSR count). The fourth-order valence-corrected chi connectivity index (χ4v) is 4.00. The molecule has 152 valence electrons. The molecular weight excluding hydrogens is 388 g/mol. The zero-order valence-corrected chi connectivity index (χ0v) is 17.2. The molecule has 0 fully saturated rings. The molecule has 0 bridgehead atoms. The molecule has 1 atom stereocenters. The van der Waals surface area contributed by atoms with Crippen LogP contribution in [0.4, 0.5) is 0 Å². The van der Waals surface area contributed by atoms with Gasteiger partial charge in [0.15, 0.2) is 0 Å². The van der Waals surface area contributed by atoms with Gasteiger partial charge in [-0.25, -0.2) is 13.1 Å². The van der Waals surface area contributed by atoms with Crippen LogP contribution in [0.3, 0.4) is 0 Å². The van der Waals surface area contributed by atoms with Crippen LogP contribution in [0.25, 0.3) is 10.8 Å². The van der Waals surface area contributed by atoms with E-state index in [2.05, 4.69) is 16.1 Å². The smallest absolute Gasteiger partial charge is 0.251 e. The van der Waals surface area contributed by atoms with E-state index in [0.29, 0.717) is 5.56 Å². The Balaban J connectivity index is 1.68. The molecule has 1 amide bonds. The van der Waals surface area contributed by atoms with E-state index in [1.165, 1.54) is 31.4 Å². The molecule has 7 heteroatoms. The van der Waals surface area contributed by atoms with Crippen LogP contribution in [0.1, 0.15) is 28.9 Å². The van der Waals surface area contributed by atoms with Crippen molar-refractivity contribution >= 4 is 26.7 Å². The third-order valence-electron chi connectivity index (χ3n) is 4.65. The topological polar surface area (TPSA) is 84.5 Å². The van der Waals surface area contributed by atoms with Crippen molar-refractivity contribution in [3.05, 3.63) is 77.9 Å². The van der Waals surface area contributed by atoms with Crippen molar-refractivity contribution in [2.24, 2.45) is 0 Å². The largest absolute Gasteiger partial charge is 0.383 e. The highest BCUT2D eigenvalue weighted by atomic mass is 32.2. The van der Waals surface area contributed by atoms with Gasteiger partial charge in [0.1, 0.15) is 0 Å². The highest BCUT2D eigenvalue weighted by molar-refractivity contribution is 7.89. The number of nitrogens with one attached hydrogen (secondary N) is 2. The molecule has 0 aliphatic rings. The summed E-state index contributed by atoms with van der Waals surface area (Å²) in [7, 11) is -2.12. The molecular formula is C22H24N2O4S. The fraction of sp³-hybridized carbons (Fsp3) is 0.227. The Kier molecular flexibility index (Phi) is 6.64. The maximum atomic E-state index is 12.6. The van der Waals surface area contributed by atoms with E-state index in [0.717, 1.165) is 16.3 Å². The van der Waals surface area contributed by atoms with Crippen LogP contribution in [0.5, 0.6) is 0 Å². The highest BCUT2D eigenvalue weighted by Crippen LogP contribution is 2.21. The fourth-order valence-electron chi connectivity index (χ4n) is 2.99. The Hall–Kier alpha value is -2.74. The Morgan fingerprint density at radius 3 is 2.38 bits per heavy atom. The number of carbonyl (C=O) groups excluding carboxylic acids is 1. The predicted octanol–water partition coefficient (Wildman–Crippen LogP) is 3.26. The van der Waals surface area contributed by atoms with Crippen molar-refractivity contribution < 1.29 is 17.9 Å². The normalized spacial score (nSPS) is 12.6. The SMILES string of the molecule is COCCNS(=O)(=O)c1ccc(C(=O)NC(C)c2ccc3ccccc3c2)cc1. The summed E-state index contributed by atoms with van der Waals surface area (Å²) in [6.07, 6.45) is 0. The minimum Gasteiger partial charge on any atom is -0.383 e. The predicted molar refractivity (Wildman–Crippen MR) is 113 cm³/mol. The molecule has 0 radical (unpaired) electrons. The van der Waals surface area contributed by atoms with Crippen LogP contribution in [0.15, 0.2) is 71.6 Å². The molecule has 0 saturated carbocycles. The molecule has 3 aromatic carbocycles. The first-order valence-corrected chi connectivity index (χ1v) is 10.8.